The van der Waals surface area contributed by atoms with Crippen LogP contribution in [0.5, 0.6) is 5.75 Å². The zero-order chi connectivity index (χ0) is 15.3. The molecule has 1 aliphatic heterocycles. The van der Waals surface area contributed by atoms with Gasteiger partial charge in [-0.25, -0.2) is 0 Å². The Morgan fingerprint density at radius 2 is 1.86 bits per heavy atom. The number of rotatable bonds is 7. The number of nitrogens with zero attached hydrogens (tertiary/aromatic N) is 1. The lowest BCUT2D eigenvalue weighted by atomic mass is 9.87. The van der Waals surface area contributed by atoms with Crippen molar-refractivity contribution in [3.8, 4) is 5.75 Å². The van der Waals surface area contributed by atoms with Crippen LogP contribution >= 0.6 is 0 Å². The van der Waals surface area contributed by atoms with Crippen molar-refractivity contribution >= 4 is 0 Å². The molecule has 0 amide bonds. The molecule has 21 heavy (non-hydrogen) atoms. The molecule has 1 unspecified atom stereocenters. The monoisotopic (exact) mass is 291 g/mol. The van der Waals surface area contributed by atoms with Crippen LogP contribution in [-0.4, -0.2) is 30.1 Å². The summed E-state index contributed by atoms with van der Waals surface area (Å²) >= 11 is 0. The highest BCUT2D eigenvalue weighted by Gasteiger charge is 2.37. The van der Waals surface area contributed by atoms with Gasteiger partial charge in [-0.2, -0.15) is 0 Å². The van der Waals surface area contributed by atoms with E-state index in [0.717, 1.165) is 31.9 Å². The minimum atomic E-state index is -0.00293. The van der Waals surface area contributed by atoms with E-state index in [1.807, 2.05) is 12.1 Å². The standard InChI is InChI=1S/C17H29N3O/c1-4-13-21-15-9-7-14(8-10-15)16(19-18)17(2,3)20-11-5-6-12-20/h7-10,16,19H,4-6,11-13,18H2,1-3H3. The summed E-state index contributed by atoms with van der Waals surface area (Å²) in [6.07, 6.45) is 3.59. The fourth-order valence-corrected chi connectivity index (χ4v) is 3.16. The first-order chi connectivity index (χ1) is 10.1. The summed E-state index contributed by atoms with van der Waals surface area (Å²) in [5.74, 6) is 6.80. The molecule has 0 radical (unpaired) electrons. The Morgan fingerprint density at radius 3 is 2.38 bits per heavy atom. The lowest BCUT2D eigenvalue weighted by Gasteiger charge is -2.42. The number of ether oxygens (including phenoxy) is 1. The van der Waals surface area contributed by atoms with Crippen molar-refractivity contribution < 1.29 is 4.74 Å². The van der Waals surface area contributed by atoms with Gasteiger partial charge < -0.3 is 4.74 Å². The first-order valence-corrected chi connectivity index (χ1v) is 8.03. The van der Waals surface area contributed by atoms with E-state index in [2.05, 4.69) is 43.2 Å². The van der Waals surface area contributed by atoms with Crippen molar-refractivity contribution in [3.63, 3.8) is 0 Å². The molecule has 0 spiro atoms. The second-order valence-corrected chi connectivity index (χ2v) is 6.36. The van der Waals surface area contributed by atoms with Crippen LogP contribution in [0.1, 0.15) is 51.6 Å². The number of benzene rings is 1. The van der Waals surface area contributed by atoms with Crippen LogP contribution < -0.4 is 16.0 Å². The van der Waals surface area contributed by atoms with E-state index in [1.165, 1.54) is 18.4 Å². The molecule has 0 bridgehead atoms. The van der Waals surface area contributed by atoms with Gasteiger partial charge in [-0.1, -0.05) is 19.1 Å². The largest absolute Gasteiger partial charge is 0.494 e. The van der Waals surface area contributed by atoms with Crippen LogP contribution in [0, 0.1) is 0 Å². The number of hydrogen-bond donors (Lipinski definition) is 2. The highest BCUT2D eigenvalue weighted by Crippen LogP contribution is 2.33. The molecule has 1 aliphatic rings. The Bertz CT molecular complexity index is 424. The number of likely N-dealkylation sites (tertiary alicyclic amines) is 1. The molecule has 3 N–H and O–H groups in total. The summed E-state index contributed by atoms with van der Waals surface area (Å²) < 4.78 is 5.65. The number of hydrogen-bond acceptors (Lipinski definition) is 4. The van der Waals surface area contributed by atoms with E-state index < -0.39 is 0 Å². The molecule has 1 atom stereocenters. The summed E-state index contributed by atoms with van der Waals surface area (Å²) in [7, 11) is 0. The molecule has 0 saturated carbocycles. The number of hydrazine groups is 1. The molecular weight excluding hydrogens is 262 g/mol. The highest BCUT2D eigenvalue weighted by molar-refractivity contribution is 5.31. The van der Waals surface area contributed by atoms with Gasteiger partial charge in [0, 0.05) is 5.54 Å². The molecule has 1 saturated heterocycles. The first kappa shape index (κ1) is 16.3. The Morgan fingerprint density at radius 1 is 1.24 bits per heavy atom. The van der Waals surface area contributed by atoms with Gasteiger partial charge in [-0.3, -0.25) is 16.2 Å². The summed E-state index contributed by atoms with van der Waals surface area (Å²) in [5.41, 5.74) is 4.22. The van der Waals surface area contributed by atoms with Gasteiger partial charge in [0.2, 0.25) is 0 Å². The van der Waals surface area contributed by atoms with Gasteiger partial charge in [0.05, 0.1) is 12.6 Å². The minimum absolute atomic E-state index is 0.00293. The normalized spacial score (nSPS) is 17.9. The summed E-state index contributed by atoms with van der Waals surface area (Å²) in [4.78, 5) is 2.53. The molecule has 2 rings (SSSR count). The topological polar surface area (TPSA) is 50.5 Å². The predicted molar refractivity (Wildman–Crippen MR) is 87.2 cm³/mol. The minimum Gasteiger partial charge on any atom is -0.494 e. The molecular formula is C17H29N3O. The van der Waals surface area contributed by atoms with Crippen LogP contribution in [0.25, 0.3) is 0 Å². The maximum atomic E-state index is 5.87. The van der Waals surface area contributed by atoms with Crippen LogP contribution in [0.2, 0.25) is 0 Å². The molecule has 1 fully saturated rings. The SMILES string of the molecule is CCCOc1ccc(C(NN)C(C)(C)N2CCCC2)cc1. The quantitative estimate of drug-likeness (QED) is 0.599. The van der Waals surface area contributed by atoms with Crippen LogP contribution in [0.3, 0.4) is 0 Å². The third-order valence-corrected chi connectivity index (χ3v) is 4.48. The Labute approximate surface area is 128 Å². The average Bonchev–Trinajstić information content (AvgIpc) is 3.02. The Kier molecular flexibility index (Phi) is 5.62. The van der Waals surface area contributed by atoms with Gasteiger partial charge in [-0.05, 0) is 63.9 Å². The Balaban J connectivity index is 2.12. The third-order valence-electron chi connectivity index (χ3n) is 4.48. The lowest BCUT2D eigenvalue weighted by Crippen LogP contribution is -2.53. The lowest BCUT2D eigenvalue weighted by molar-refractivity contribution is 0.107. The molecule has 1 aromatic rings. The van der Waals surface area contributed by atoms with Crippen molar-refractivity contribution in [1.82, 2.24) is 10.3 Å². The molecule has 1 heterocycles. The highest BCUT2D eigenvalue weighted by atomic mass is 16.5. The van der Waals surface area contributed by atoms with Gasteiger partial charge in [-0.15, -0.1) is 0 Å². The van der Waals surface area contributed by atoms with Crippen molar-refractivity contribution in [2.24, 2.45) is 5.84 Å². The zero-order valence-corrected chi connectivity index (χ0v) is 13.6. The van der Waals surface area contributed by atoms with Crippen molar-refractivity contribution in [2.75, 3.05) is 19.7 Å². The molecule has 4 heteroatoms. The van der Waals surface area contributed by atoms with Crippen molar-refractivity contribution in [1.29, 1.82) is 0 Å². The van der Waals surface area contributed by atoms with Crippen molar-refractivity contribution in [3.05, 3.63) is 29.8 Å². The maximum Gasteiger partial charge on any atom is 0.119 e. The zero-order valence-electron chi connectivity index (χ0n) is 13.6. The van der Waals surface area contributed by atoms with Crippen LogP contribution in [0.15, 0.2) is 24.3 Å². The molecule has 1 aromatic carbocycles. The Hall–Kier alpha value is -1.10. The van der Waals surface area contributed by atoms with E-state index in [-0.39, 0.29) is 11.6 Å². The van der Waals surface area contributed by atoms with Gasteiger partial charge in [0.1, 0.15) is 5.75 Å². The fourth-order valence-electron chi connectivity index (χ4n) is 3.16. The fraction of sp³-hybridized carbons (Fsp3) is 0.647. The van der Waals surface area contributed by atoms with Gasteiger partial charge in [0.15, 0.2) is 0 Å². The van der Waals surface area contributed by atoms with Crippen LogP contribution in [0.4, 0.5) is 0 Å². The van der Waals surface area contributed by atoms with Gasteiger partial charge >= 0.3 is 0 Å². The molecule has 0 aromatic heterocycles. The number of nitrogens with one attached hydrogen (secondary N) is 1. The summed E-state index contributed by atoms with van der Waals surface area (Å²) in [6.45, 7) is 9.72. The van der Waals surface area contributed by atoms with E-state index in [0.29, 0.717) is 0 Å². The van der Waals surface area contributed by atoms with Gasteiger partial charge in [0.25, 0.3) is 0 Å². The van der Waals surface area contributed by atoms with E-state index in [1.54, 1.807) is 0 Å². The first-order valence-electron chi connectivity index (χ1n) is 8.03. The molecule has 0 aliphatic carbocycles. The van der Waals surface area contributed by atoms with E-state index in [9.17, 15) is 0 Å². The smallest absolute Gasteiger partial charge is 0.119 e. The molecule has 118 valence electrons. The average molecular weight is 291 g/mol. The second kappa shape index (κ2) is 7.25. The summed E-state index contributed by atoms with van der Waals surface area (Å²) in [6, 6.07) is 8.42. The van der Waals surface area contributed by atoms with E-state index >= 15 is 0 Å². The third kappa shape index (κ3) is 3.76. The number of nitrogens with two attached hydrogens (primary N) is 1. The summed E-state index contributed by atoms with van der Waals surface area (Å²) in [5, 5.41) is 0. The van der Waals surface area contributed by atoms with Crippen molar-refractivity contribution in [2.45, 2.75) is 51.6 Å². The maximum absolute atomic E-state index is 5.87. The predicted octanol–water partition coefficient (Wildman–Crippen LogP) is 2.85. The second-order valence-electron chi connectivity index (χ2n) is 6.36. The van der Waals surface area contributed by atoms with E-state index in [4.69, 9.17) is 10.6 Å². The van der Waals surface area contributed by atoms with Crippen LogP contribution in [-0.2, 0) is 0 Å². The molecule has 4 nitrogen and oxygen atoms in total.